The van der Waals surface area contributed by atoms with Gasteiger partial charge in [0.05, 0.1) is 46.2 Å². The molecular weight excluding hydrogens is 893 g/mol. The summed E-state index contributed by atoms with van der Waals surface area (Å²) in [5.74, 6) is -0.460. The number of rotatable bonds is 24. The number of ether oxygens (including phenoxy) is 10. The molecule has 0 radical (unpaired) electrons. The molecule has 2 heterocycles. The molecule has 0 aromatic heterocycles. The van der Waals surface area contributed by atoms with Gasteiger partial charge in [0.1, 0.15) is 60.9 Å². The SMILES string of the molecule is CS[C@H]1OC(COCc2ccccc2)[C@H](OCc2ccccc2)[C@@H](OCc2ccccc2)C1O[C@H]1OC(COC(C)=O)[C@H](OCc2ccccc2)[C@@H](OCc2ccccc2)C1OCc1ccccc1. The van der Waals surface area contributed by atoms with Gasteiger partial charge in [-0.15, -0.1) is 11.8 Å². The van der Waals surface area contributed by atoms with E-state index in [1.54, 1.807) is 0 Å². The van der Waals surface area contributed by atoms with Crippen molar-refractivity contribution in [2.24, 2.45) is 0 Å². The van der Waals surface area contributed by atoms with E-state index in [9.17, 15) is 4.79 Å². The second-order valence-electron chi connectivity index (χ2n) is 17.0. The first-order valence-electron chi connectivity index (χ1n) is 23.5. The van der Waals surface area contributed by atoms with Crippen LogP contribution in [0.1, 0.15) is 40.3 Å². The van der Waals surface area contributed by atoms with Gasteiger partial charge in [0, 0.05) is 6.92 Å². The van der Waals surface area contributed by atoms with Crippen molar-refractivity contribution in [3.63, 3.8) is 0 Å². The van der Waals surface area contributed by atoms with Crippen LogP contribution in [0, 0.1) is 0 Å². The fourth-order valence-electron chi connectivity index (χ4n) is 8.48. The minimum Gasteiger partial charge on any atom is -0.463 e. The van der Waals surface area contributed by atoms with Crippen molar-refractivity contribution < 1.29 is 52.2 Å². The monoisotopic (exact) mass is 954 g/mol. The zero-order valence-corrected chi connectivity index (χ0v) is 40.0. The topological polar surface area (TPSA) is 109 Å². The predicted molar refractivity (Wildman–Crippen MR) is 264 cm³/mol. The average Bonchev–Trinajstić information content (AvgIpc) is 3.40. The standard InChI is InChI=1S/C57H62O11S/c1-41(58)60-40-49-51(62-35-44-25-13-5-14-26-44)52(63-36-45-27-15-6-16-28-45)54(65-38-47-31-19-8-20-32-47)56(66-49)68-55-53(64-37-46-29-17-7-18-30-46)50(61-34-43-23-11-4-12-24-43)48(67-57(55)69-2)39-59-33-42-21-9-3-10-22-42/h3-32,48-57H,33-40H2,1-2H3/t48?,49?,50-,51-,52+,53+,54?,55?,56+,57+/m0/s1. The van der Waals surface area contributed by atoms with Gasteiger partial charge in [-0.1, -0.05) is 182 Å². The normalized spacial score (nSPS) is 24.7. The second kappa shape index (κ2) is 26.7. The molecule has 4 unspecified atom stereocenters. The van der Waals surface area contributed by atoms with Crippen molar-refractivity contribution in [2.45, 2.75) is 107 Å². The number of esters is 1. The van der Waals surface area contributed by atoms with Crippen LogP contribution < -0.4 is 0 Å². The quantitative estimate of drug-likeness (QED) is 0.0539. The minimum atomic E-state index is -1.11. The van der Waals surface area contributed by atoms with Gasteiger partial charge in [0.25, 0.3) is 0 Å². The molecule has 6 aromatic carbocycles. The largest absolute Gasteiger partial charge is 0.463 e. The van der Waals surface area contributed by atoms with Crippen LogP contribution in [-0.2, 0) is 91.8 Å². The fraction of sp³-hybridized carbons (Fsp3) is 0.351. The lowest BCUT2D eigenvalue weighted by Crippen LogP contribution is -2.65. The number of hydrogen-bond donors (Lipinski definition) is 0. The van der Waals surface area contributed by atoms with Crippen LogP contribution in [0.5, 0.6) is 0 Å². The lowest BCUT2D eigenvalue weighted by atomic mass is 9.96. The summed E-state index contributed by atoms with van der Waals surface area (Å²) >= 11 is 1.50. The van der Waals surface area contributed by atoms with Gasteiger partial charge in [-0.3, -0.25) is 4.79 Å². The average molecular weight is 955 g/mol. The third kappa shape index (κ3) is 14.9. The highest BCUT2D eigenvalue weighted by Gasteiger charge is 2.54. The summed E-state index contributed by atoms with van der Waals surface area (Å²) in [6.45, 7) is 3.10. The number of thioether (sulfide) groups is 1. The second-order valence-corrected chi connectivity index (χ2v) is 18.0. The van der Waals surface area contributed by atoms with Crippen LogP contribution in [0.2, 0.25) is 0 Å². The van der Waals surface area contributed by atoms with E-state index in [2.05, 4.69) is 0 Å². The lowest BCUT2D eigenvalue weighted by Gasteiger charge is -2.50. The molecule has 0 N–H and O–H groups in total. The third-order valence-corrected chi connectivity index (χ3v) is 12.8. The summed E-state index contributed by atoms with van der Waals surface area (Å²) in [4.78, 5) is 12.5. The summed E-state index contributed by atoms with van der Waals surface area (Å²) < 4.78 is 68.2. The molecule has 69 heavy (non-hydrogen) atoms. The van der Waals surface area contributed by atoms with Gasteiger partial charge in [-0.2, -0.15) is 0 Å². The Morgan fingerprint density at radius 2 is 0.754 bits per heavy atom. The highest BCUT2D eigenvalue weighted by atomic mass is 32.2. The van der Waals surface area contributed by atoms with Crippen molar-refractivity contribution in [3.8, 4) is 0 Å². The van der Waals surface area contributed by atoms with Crippen LogP contribution in [0.3, 0.4) is 0 Å². The molecule has 0 spiro atoms. The number of hydrogen-bond acceptors (Lipinski definition) is 12. The van der Waals surface area contributed by atoms with Crippen LogP contribution in [0.15, 0.2) is 182 Å². The summed E-state index contributed by atoms with van der Waals surface area (Å²) in [7, 11) is 0. The van der Waals surface area contributed by atoms with E-state index >= 15 is 0 Å². The first-order valence-corrected chi connectivity index (χ1v) is 24.8. The van der Waals surface area contributed by atoms with E-state index in [4.69, 9.17) is 47.4 Å². The van der Waals surface area contributed by atoms with Gasteiger partial charge in [0.15, 0.2) is 6.29 Å². The van der Waals surface area contributed by atoms with E-state index in [1.165, 1.54) is 18.7 Å². The summed E-state index contributed by atoms with van der Waals surface area (Å²) in [5.41, 5.74) is 5.28. The molecule has 0 amide bonds. The molecule has 12 heteroatoms. The summed E-state index contributed by atoms with van der Waals surface area (Å²) in [5, 5.41) is 0. The molecule has 0 aliphatic carbocycles. The summed E-state index contributed by atoms with van der Waals surface area (Å²) in [6, 6.07) is 59.9. The van der Waals surface area contributed by atoms with Crippen molar-refractivity contribution in [1.29, 1.82) is 0 Å². The van der Waals surface area contributed by atoms with Gasteiger partial charge in [-0.05, 0) is 39.6 Å². The minimum absolute atomic E-state index is 0.129. The van der Waals surface area contributed by atoms with Gasteiger partial charge >= 0.3 is 5.97 Å². The summed E-state index contributed by atoms with van der Waals surface area (Å²) in [6.07, 6.45) is -5.15. The number of carbonyl (C=O) groups excluding carboxylic acids is 1. The molecule has 0 bridgehead atoms. The van der Waals surface area contributed by atoms with E-state index in [0.29, 0.717) is 6.61 Å². The maximum absolute atomic E-state index is 12.5. The molecule has 2 fully saturated rings. The van der Waals surface area contributed by atoms with Gasteiger partial charge in [-0.25, -0.2) is 0 Å². The van der Waals surface area contributed by atoms with Crippen molar-refractivity contribution in [3.05, 3.63) is 215 Å². The molecule has 11 nitrogen and oxygen atoms in total. The Labute approximate surface area is 410 Å². The Kier molecular flexibility index (Phi) is 19.4. The molecule has 6 aromatic rings. The molecule has 2 aliphatic heterocycles. The maximum atomic E-state index is 12.5. The lowest BCUT2D eigenvalue weighted by molar-refractivity contribution is -0.356. The number of benzene rings is 6. The number of carbonyl (C=O) groups is 1. The molecule has 362 valence electrons. The highest BCUT2D eigenvalue weighted by Crippen LogP contribution is 2.38. The van der Waals surface area contributed by atoms with Crippen LogP contribution in [0.4, 0.5) is 0 Å². The molecule has 0 saturated carbocycles. The Morgan fingerprint density at radius 1 is 0.420 bits per heavy atom. The van der Waals surface area contributed by atoms with Crippen LogP contribution in [0.25, 0.3) is 0 Å². The first-order chi connectivity index (χ1) is 34.0. The Bertz CT molecular complexity index is 2350. The Morgan fingerprint density at radius 3 is 1.13 bits per heavy atom. The van der Waals surface area contributed by atoms with Gasteiger partial charge in [0.2, 0.25) is 0 Å². The van der Waals surface area contributed by atoms with E-state index < -0.39 is 66.5 Å². The molecular formula is C57H62O11S. The van der Waals surface area contributed by atoms with Crippen molar-refractivity contribution in [2.75, 3.05) is 19.5 Å². The zero-order valence-electron chi connectivity index (χ0n) is 39.1. The Hall–Kier alpha value is -5.22. The Balaban J connectivity index is 1.17. The van der Waals surface area contributed by atoms with E-state index in [-0.39, 0.29) is 46.2 Å². The van der Waals surface area contributed by atoms with E-state index in [1.807, 2.05) is 188 Å². The highest BCUT2D eigenvalue weighted by molar-refractivity contribution is 7.99. The molecule has 2 aliphatic rings. The molecule has 10 atom stereocenters. The molecule has 2 saturated heterocycles. The van der Waals surface area contributed by atoms with Crippen molar-refractivity contribution in [1.82, 2.24) is 0 Å². The maximum Gasteiger partial charge on any atom is 0.302 e. The molecule has 8 rings (SSSR count). The first kappa shape index (κ1) is 50.2. The van der Waals surface area contributed by atoms with E-state index in [0.717, 1.165) is 33.4 Å². The fourth-order valence-corrected chi connectivity index (χ4v) is 9.22. The van der Waals surface area contributed by atoms with Gasteiger partial charge < -0.3 is 47.4 Å². The predicted octanol–water partition coefficient (Wildman–Crippen LogP) is 9.89. The zero-order chi connectivity index (χ0) is 47.5. The van der Waals surface area contributed by atoms with Crippen molar-refractivity contribution >= 4 is 17.7 Å². The third-order valence-electron chi connectivity index (χ3n) is 12.0. The smallest absolute Gasteiger partial charge is 0.302 e. The van der Waals surface area contributed by atoms with Crippen LogP contribution in [-0.4, -0.2) is 86.0 Å². The van der Waals surface area contributed by atoms with Crippen LogP contribution >= 0.6 is 11.8 Å².